The standard InChI is InChI=1S/C8H10.C5H5.6FH.Fe.Sb.3H/c1-7-3-5-8(2)6-4-7;1-2-4-5-3-1;;;;;;;;;;;/h3-6H,1-2H3;1-3H,4H2;6*1H;;;;;. The Morgan fingerprint density at radius 2 is 1.10 bits per heavy atom. The van der Waals surface area contributed by atoms with E-state index in [0.717, 1.165) is 6.42 Å². The summed E-state index contributed by atoms with van der Waals surface area (Å²) in [4.78, 5) is 0. The van der Waals surface area contributed by atoms with Crippen molar-refractivity contribution < 1.29 is 44.2 Å². The van der Waals surface area contributed by atoms with Gasteiger partial charge >= 0.3 is 69.6 Å². The van der Waals surface area contributed by atoms with Crippen molar-refractivity contribution in [2.75, 3.05) is 0 Å². The summed E-state index contributed by atoms with van der Waals surface area (Å²) >= 11 is 3.74. The Balaban J connectivity index is -0.0000000284. The van der Waals surface area contributed by atoms with Gasteiger partial charge in [-0.05, 0) is 13.8 Å². The molecule has 0 fully saturated rings. The number of hydrogen-bond acceptors (Lipinski definition) is 0. The van der Waals surface area contributed by atoms with E-state index >= 15 is 0 Å². The summed E-state index contributed by atoms with van der Waals surface area (Å²) in [6.45, 7) is 4.19. The van der Waals surface area contributed by atoms with Gasteiger partial charge in [0.05, 0.1) is 0 Å². The second kappa shape index (κ2) is 24.6. The van der Waals surface area contributed by atoms with Crippen molar-refractivity contribution in [2.24, 2.45) is 0 Å². The molecule has 1 aliphatic carbocycles. The van der Waals surface area contributed by atoms with E-state index in [4.69, 9.17) is 0 Å². The molecule has 0 saturated heterocycles. The van der Waals surface area contributed by atoms with Gasteiger partial charge in [-0.3, -0.25) is 28.2 Å². The van der Waals surface area contributed by atoms with Crippen LogP contribution < -0.4 is 0 Å². The maximum atomic E-state index is 3.74. The minimum absolute atomic E-state index is 0. The third kappa shape index (κ3) is 22.0. The van der Waals surface area contributed by atoms with Crippen LogP contribution in [0, 0.1) is 13.8 Å². The fraction of sp³-hybridized carbons (Fsp3) is 0.231. The number of allylic oxidation sites excluding steroid dienone is 4. The van der Waals surface area contributed by atoms with Crippen molar-refractivity contribution >= 4 is 24.4 Å². The van der Waals surface area contributed by atoms with Crippen LogP contribution in [0.5, 0.6) is 0 Å². The zero-order valence-electron chi connectivity index (χ0n) is 11.8. The Bertz CT molecular complexity index is 333. The molecule has 131 valence electrons. The summed E-state index contributed by atoms with van der Waals surface area (Å²) in [6, 6.07) is 8.48. The molecule has 0 heterocycles. The van der Waals surface area contributed by atoms with E-state index in [1.165, 1.54) is 15.6 Å². The fourth-order valence-electron chi connectivity index (χ4n) is 1.05. The maximum absolute atomic E-state index is 3.74. The summed E-state index contributed by atoms with van der Waals surface area (Å²) in [7, 11) is 0. The van der Waals surface area contributed by atoms with Gasteiger partial charge in [-0.15, -0.1) is 0 Å². The number of hydrogen-bond donors (Lipinski definition) is 0. The van der Waals surface area contributed by atoms with Gasteiger partial charge in [0.1, 0.15) is 0 Å². The zero-order valence-corrected chi connectivity index (χ0v) is 16.9. The molecule has 0 bridgehead atoms. The van der Waals surface area contributed by atoms with Crippen LogP contribution in [0.25, 0.3) is 0 Å². The van der Waals surface area contributed by atoms with Crippen molar-refractivity contribution in [1.29, 1.82) is 0 Å². The molecule has 8 heteroatoms. The molecule has 0 aromatic heterocycles. The van der Waals surface area contributed by atoms with Gasteiger partial charge in [-0.1, -0.05) is 35.4 Å². The van der Waals surface area contributed by atoms with Gasteiger partial charge in [0.15, 0.2) is 0 Å². The molecule has 1 aromatic rings. The van der Waals surface area contributed by atoms with Crippen LogP contribution in [0.15, 0.2) is 47.0 Å². The van der Waals surface area contributed by atoms with Crippen LogP contribution in [-0.2, 0) is 16.0 Å². The van der Waals surface area contributed by atoms with Crippen molar-refractivity contribution in [1.82, 2.24) is 0 Å². The van der Waals surface area contributed by atoms with E-state index in [9.17, 15) is 0 Å². The zero-order chi connectivity index (χ0) is 10.4. The van der Waals surface area contributed by atoms with Crippen LogP contribution >= 0.6 is 0 Å². The molecule has 0 aliphatic heterocycles. The van der Waals surface area contributed by atoms with Crippen LogP contribution in [-0.4, -0.2) is 24.4 Å². The topological polar surface area (TPSA) is 0 Å². The Hall–Kier alpha value is -0.382. The third-order valence-corrected chi connectivity index (χ3v) is 2.34. The number of benzene rings is 1. The second-order valence-corrected chi connectivity index (χ2v) is 4.09. The molecule has 0 atom stereocenters. The molecular formula is C13H24F6FeSb. The molecule has 1 aliphatic rings. The molecule has 0 N–H and O–H groups in total. The molecule has 0 radical (unpaired) electrons. The van der Waals surface area contributed by atoms with Crippen molar-refractivity contribution in [3.63, 3.8) is 0 Å². The number of rotatable bonds is 0. The molecular weight excluding hydrogens is 448 g/mol. The van der Waals surface area contributed by atoms with E-state index in [1.54, 1.807) is 0 Å². The molecule has 21 heavy (non-hydrogen) atoms. The Kier molecular flexibility index (Phi) is 50.2. The first-order valence-corrected chi connectivity index (χ1v) is 5.27. The predicted octanol–water partition coefficient (Wildman–Crippen LogP) is 3.41. The Labute approximate surface area is 146 Å². The summed E-state index contributed by atoms with van der Waals surface area (Å²) in [6.07, 6.45) is 7.21. The van der Waals surface area contributed by atoms with E-state index in [2.05, 4.69) is 60.2 Å². The van der Waals surface area contributed by atoms with Crippen LogP contribution in [0.2, 0.25) is 0 Å². The van der Waals surface area contributed by atoms with Crippen molar-refractivity contribution in [3.8, 4) is 0 Å². The first kappa shape index (κ1) is 42.8. The Morgan fingerprint density at radius 3 is 1.24 bits per heavy atom. The first-order valence-electron chi connectivity index (χ1n) is 4.72. The van der Waals surface area contributed by atoms with Gasteiger partial charge in [0, 0.05) is 0 Å². The average Bonchev–Trinajstić information content (AvgIpc) is 2.63. The molecule has 2 rings (SSSR count). The molecule has 0 spiro atoms. The second-order valence-electron chi connectivity index (χ2n) is 3.38. The van der Waals surface area contributed by atoms with Crippen LogP contribution in [0.3, 0.4) is 0 Å². The average molecular weight is 472 g/mol. The van der Waals surface area contributed by atoms with E-state index < -0.39 is 0 Å². The molecule has 0 unspecified atom stereocenters. The predicted molar refractivity (Wildman–Crippen MR) is 82.7 cm³/mol. The first-order chi connectivity index (χ1) is 6.68. The number of halogens is 6. The quantitative estimate of drug-likeness (QED) is 0.402. The normalized spacial score (nSPS) is 8.81. The van der Waals surface area contributed by atoms with Crippen LogP contribution in [0.4, 0.5) is 28.2 Å². The summed E-state index contributed by atoms with van der Waals surface area (Å²) in [5.74, 6) is 0. The Morgan fingerprint density at radius 1 is 0.762 bits per heavy atom. The van der Waals surface area contributed by atoms with E-state index in [0.29, 0.717) is 0 Å². The van der Waals surface area contributed by atoms with Gasteiger partial charge < -0.3 is 0 Å². The summed E-state index contributed by atoms with van der Waals surface area (Å²) in [5.41, 5.74) is 2.66. The third-order valence-electron chi connectivity index (χ3n) is 1.94. The fourth-order valence-corrected chi connectivity index (χ4v) is 1.29. The minimum atomic E-state index is 0. The van der Waals surface area contributed by atoms with Gasteiger partial charge in [0.2, 0.25) is 0 Å². The SMILES string of the molecule is Cc1ccc(C)cc1.F.F.F.F.F.F.[Fe][C]1=CC=CC1.[SbH3]. The summed E-state index contributed by atoms with van der Waals surface area (Å²) < 4.78 is 1.22. The van der Waals surface area contributed by atoms with Gasteiger partial charge in [-0.25, -0.2) is 0 Å². The monoisotopic (exact) mass is 471 g/mol. The van der Waals surface area contributed by atoms with Crippen LogP contribution in [0.1, 0.15) is 17.5 Å². The van der Waals surface area contributed by atoms with Crippen molar-refractivity contribution in [3.05, 3.63) is 58.1 Å². The molecule has 1 aromatic carbocycles. The molecule has 0 amide bonds. The van der Waals surface area contributed by atoms with E-state index in [-0.39, 0.29) is 52.7 Å². The van der Waals surface area contributed by atoms with E-state index in [1.807, 2.05) is 12.2 Å². The molecule has 0 nitrogen and oxygen atoms in total. The van der Waals surface area contributed by atoms with Gasteiger partial charge in [0.25, 0.3) is 0 Å². The molecule has 0 saturated carbocycles. The van der Waals surface area contributed by atoms with Crippen molar-refractivity contribution in [2.45, 2.75) is 20.3 Å². The van der Waals surface area contributed by atoms with Gasteiger partial charge in [-0.2, -0.15) is 0 Å². The number of aryl methyl sites for hydroxylation is 2. The summed E-state index contributed by atoms with van der Waals surface area (Å²) in [5, 5.41) is 0.